The van der Waals surface area contributed by atoms with Crippen LogP contribution >= 0.6 is 12.6 Å². The summed E-state index contributed by atoms with van der Waals surface area (Å²) in [6.07, 6.45) is 0.471. The third-order valence-electron chi connectivity index (χ3n) is 3.52. The number of ketones is 1. The first kappa shape index (κ1) is 17.0. The minimum atomic E-state index is -1.03. The van der Waals surface area contributed by atoms with Gasteiger partial charge < -0.3 is 9.47 Å². The molecule has 0 spiro atoms. The minimum absolute atomic E-state index is 0.145. The lowest BCUT2D eigenvalue weighted by Gasteiger charge is -2.40. The summed E-state index contributed by atoms with van der Waals surface area (Å²) in [4.78, 5) is 36.1. The molecule has 0 aromatic rings. The summed E-state index contributed by atoms with van der Waals surface area (Å²) in [5, 5.41) is -0.744. The normalized spacial score (nSPS) is 30.8. The summed E-state index contributed by atoms with van der Waals surface area (Å²) in [5.74, 6) is -2.35. The van der Waals surface area contributed by atoms with E-state index in [1.165, 1.54) is 7.11 Å². The summed E-state index contributed by atoms with van der Waals surface area (Å²) >= 11 is 4.36. The number of carbonyl (C=O) groups is 3. The van der Waals surface area contributed by atoms with Crippen LogP contribution in [0.3, 0.4) is 0 Å². The maximum absolute atomic E-state index is 12.2. The lowest BCUT2D eigenvalue weighted by atomic mass is 9.69. The fourth-order valence-electron chi connectivity index (χ4n) is 2.31. The van der Waals surface area contributed by atoms with Crippen molar-refractivity contribution in [3.8, 4) is 0 Å². The first-order valence-corrected chi connectivity index (χ1v) is 7.06. The highest BCUT2D eigenvalue weighted by atomic mass is 32.1. The first-order valence-electron chi connectivity index (χ1n) is 6.55. The molecule has 0 saturated heterocycles. The SMILES string of the molecule is COC(=O)[C@]1(C)CCC(=O)[C@@H](C(=O)OC(C)(C)C)[C@H]1S. The van der Waals surface area contributed by atoms with E-state index in [0.717, 1.165) is 0 Å². The van der Waals surface area contributed by atoms with E-state index in [9.17, 15) is 14.4 Å². The van der Waals surface area contributed by atoms with Crippen molar-refractivity contribution in [2.45, 2.75) is 51.4 Å². The van der Waals surface area contributed by atoms with Crippen molar-refractivity contribution in [3.05, 3.63) is 0 Å². The Bertz CT molecular complexity index is 426. The molecule has 1 aliphatic carbocycles. The number of hydrogen-bond donors (Lipinski definition) is 1. The molecule has 0 N–H and O–H groups in total. The predicted molar refractivity (Wildman–Crippen MR) is 76.5 cm³/mol. The number of carbonyl (C=O) groups excluding carboxylic acids is 3. The van der Waals surface area contributed by atoms with Crippen LogP contribution < -0.4 is 0 Å². The van der Waals surface area contributed by atoms with Crippen LogP contribution in [0.2, 0.25) is 0 Å². The van der Waals surface area contributed by atoms with Crippen molar-refractivity contribution in [1.29, 1.82) is 0 Å². The summed E-state index contributed by atoms with van der Waals surface area (Å²) < 4.78 is 10.0. The van der Waals surface area contributed by atoms with Gasteiger partial charge in [0, 0.05) is 11.7 Å². The Morgan fingerprint density at radius 3 is 2.35 bits per heavy atom. The van der Waals surface area contributed by atoms with E-state index in [1.807, 2.05) is 0 Å². The van der Waals surface area contributed by atoms with Crippen LogP contribution in [0.15, 0.2) is 0 Å². The number of hydrogen-bond acceptors (Lipinski definition) is 6. The third-order valence-corrected chi connectivity index (χ3v) is 4.39. The van der Waals surface area contributed by atoms with Gasteiger partial charge in [-0.1, -0.05) is 0 Å². The van der Waals surface area contributed by atoms with E-state index >= 15 is 0 Å². The monoisotopic (exact) mass is 302 g/mol. The van der Waals surface area contributed by atoms with Gasteiger partial charge in [0.25, 0.3) is 0 Å². The molecule has 1 saturated carbocycles. The number of thiol groups is 1. The smallest absolute Gasteiger partial charge is 0.318 e. The molecule has 114 valence electrons. The fraction of sp³-hybridized carbons (Fsp3) is 0.786. The van der Waals surface area contributed by atoms with Crippen LogP contribution in [0, 0.1) is 11.3 Å². The molecule has 1 aliphatic rings. The van der Waals surface area contributed by atoms with Crippen molar-refractivity contribution in [2.75, 3.05) is 7.11 Å². The Labute approximate surface area is 124 Å². The largest absolute Gasteiger partial charge is 0.469 e. The Morgan fingerprint density at radius 2 is 1.90 bits per heavy atom. The van der Waals surface area contributed by atoms with Crippen LogP contribution in [-0.4, -0.2) is 35.7 Å². The van der Waals surface area contributed by atoms with Gasteiger partial charge in [-0.25, -0.2) is 0 Å². The molecular weight excluding hydrogens is 280 g/mol. The van der Waals surface area contributed by atoms with Gasteiger partial charge in [-0.15, -0.1) is 0 Å². The zero-order valence-electron chi connectivity index (χ0n) is 12.6. The van der Waals surface area contributed by atoms with E-state index in [1.54, 1.807) is 27.7 Å². The highest BCUT2D eigenvalue weighted by molar-refractivity contribution is 7.81. The molecule has 20 heavy (non-hydrogen) atoms. The van der Waals surface area contributed by atoms with Crippen molar-refractivity contribution in [2.24, 2.45) is 11.3 Å². The van der Waals surface area contributed by atoms with E-state index in [0.29, 0.717) is 6.42 Å². The second kappa shape index (κ2) is 5.76. The molecule has 1 fully saturated rings. The summed E-state index contributed by atoms with van der Waals surface area (Å²) in [5.41, 5.74) is -1.66. The lowest BCUT2D eigenvalue weighted by molar-refractivity contribution is -0.167. The van der Waals surface area contributed by atoms with Crippen molar-refractivity contribution in [1.82, 2.24) is 0 Å². The summed E-state index contributed by atoms with van der Waals surface area (Å²) in [7, 11) is 1.28. The summed E-state index contributed by atoms with van der Waals surface area (Å²) in [6.45, 7) is 6.85. The first-order chi connectivity index (χ1) is 9.03. The number of rotatable bonds is 2. The van der Waals surface area contributed by atoms with Crippen molar-refractivity contribution >= 4 is 30.4 Å². The van der Waals surface area contributed by atoms with E-state index < -0.39 is 34.1 Å². The van der Waals surface area contributed by atoms with Gasteiger partial charge >= 0.3 is 11.9 Å². The highest BCUT2D eigenvalue weighted by Gasteiger charge is 2.53. The minimum Gasteiger partial charge on any atom is -0.469 e. The van der Waals surface area contributed by atoms with Crippen LogP contribution in [0.5, 0.6) is 0 Å². The van der Waals surface area contributed by atoms with Gasteiger partial charge in [-0.3, -0.25) is 14.4 Å². The van der Waals surface area contributed by atoms with Gasteiger partial charge in [-0.2, -0.15) is 12.6 Å². The Morgan fingerprint density at radius 1 is 1.35 bits per heavy atom. The zero-order chi connectivity index (χ0) is 15.7. The Hall–Kier alpha value is -1.04. The van der Waals surface area contributed by atoms with Crippen LogP contribution in [0.25, 0.3) is 0 Å². The standard InChI is InChI=1S/C14H22O5S/c1-13(2,3)19-11(16)9-8(15)6-7-14(4,10(9)20)12(17)18-5/h9-10,20H,6-7H2,1-5H3/t9-,10-,14-/m1/s1. The van der Waals surface area contributed by atoms with E-state index in [2.05, 4.69) is 12.6 Å². The molecule has 0 bridgehead atoms. The number of Topliss-reactive ketones (excluding diaryl/α,β-unsaturated/α-hetero) is 1. The number of methoxy groups -OCH3 is 1. The molecule has 1 rings (SSSR count). The fourth-order valence-corrected chi connectivity index (χ4v) is 2.83. The molecule has 0 heterocycles. The second-order valence-electron chi connectivity index (χ2n) is 6.33. The Balaban J connectivity index is 3.02. The predicted octanol–water partition coefficient (Wildman–Crippen LogP) is 1.78. The van der Waals surface area contributed by atoms with Gasteiger partial charge in [0.15, 0.2) is 0 Å². The van der Waals surface area contributed by atoms with Gasteiger partial charge in [0.2, 0.25) is 0 Å². The van der Waals surface area contributed by atoms with E-state index in [4.69, 9.17) is 9.47 Å². The van der Waals surface area contributed by atoms with Gasteiger partial charge in [0.05, 0.1) is 12.5 Å². The quantitative estimate of drug-likeness (QED) is 0.478. The Kier molecular flexibility index (Phi) is 4.90. The number of ether oxygens (including phenoxy) is 2. The molecule has 5 nitrogen and oxygen atoms in total. The average Bonchev–Trinajstić information content (AvgIpc) is 2.31. The highest BCUT2D eigenvalue weighted by Crippen LogP contribution is 2.42. The van der Waals surface area contributed by atoms with Crippen LogP contribution in [-0.2, 0) is 23.9 Å². The topological polar surface area (TPSA) is 69.7 Å². The van der Waals surface area contributed by atoms with E-state index in [-0.39, 0.29) is 12.2 Å². The maximum Gasteiger partial charge on any atom is 0.318 e. The van der Waals surface area contributed by atoms with Crippen LogP contribution in [0.4, 0.5) is 0 Å². The third kappa shape index (κ3) is 3.34. The lowest BCUT2D eigenvalue weighted by Crippen LogP contribution is -2.52. The second-order valence-corrected chi connectivity index (χ2v) is 6.89. The molecule has 0 radical (unpaired) electrons. The van der Waals surface area contributed by atoms with Crippen LogP contribution in [0.1, 0.15) is 40.5 Å². The maximum atomic E-state index is 12.2. The van der Waals surface area contributed by atoms with Crippen molar-refractivity contribution < 1.29 is 23.9 Å². The molecular formula is C14H22O5S. The zero-order valence-corrected chi connectivity index (χ0v) is 13.5. The average molecular weight is 302 g/mol. The molecule has 0 aromatic heterocycles. The molecule has 0 amide bonds. The number of esters is 2. The molecule has 3 atom stereocenters. The van der Waals surface area contributed by atoms with Crippen molar-refractivity contribution in [3.63, 3.8) is 0 Å². The van der Waals surface area contributed by atoms with Gasteiger partial charge in [0.1, 0.15) is 17.3 Å². The van der Waals surface area contributed by atoms with Gasteiger partial charge in [-0.05, 0) is 34.1 Å². The molecule has 0 aliphatic heterocycles. The molecule has 6 heteroatoms. The molecule has 0 unspecified atom stereocenters. The summed E-state index contributed by atoms with van der Waals surface area (Å²) in [6, 6.07) is 0. The molecule has 0 aromatic carbocycles.